The molecule has 0 radical (unpaired) electrons. The third-order valence-corrected chi connectivity index (χ3v) is 8.99. The van der Waals surface area contributed by atoms with Crippen LogP contribution in [0.1, 0.15) is 50.4 Å². The van der Waals surface area contributed by atoms with Crippen LogP contribution in [0, 0.1) is 9.39 Å². The molecule has 0 spiro atoms. The molecular formula is C33H29BrFIN2O5S. The quantitative estimate of drug-likeness (QED) is 0.140. The van der Waals surface area contributed by atoms with E-state index in [1.54, 1.807) is 38.1 Å². The van der Waals surface area contributed by atoms with Gasteiger partial charge in [-0.05, 0) is 80.6 Å². The summed E-state index contributed by atoms with van der Waals surface area (Å²) in [6.07, 6.45) is 1.61. The molecule has 0 N–H and O–H groups in total. The summed E-state index contributed by atoms with van der Waals surface area (Å²) in [5.41, 5.74) is 2.11. The standard InChI is InChI=1S/C33H29BrFIN2O5S/c1-5-41-32(40)28-19(4)37-33-38(29(28)23-11-7-9-13-26(23)43-18(2)3)31(39)27(44-33)15-21-14-22(34)16-25(36)30(21)42-17-20-10-6-8-12-24(20)35/h6-16,18,29H,5,17H2,1-4H3/b27-15-/t29-/m0/s1. The summed E-state index contributed by atoms with van der Waals surface area (Å²) in [7, 11) is 0. The SMILES string of the molecule is CCOC(=O)C1=C(C)N=c2s/c(=C\c3cc(Br)cc(I)c3OCc3ccccc3F)c(=O)n2[C@H]1c1ccccc1OC(C)C. The minimum absolute atomic E-state index is 0.0150. The molecule has 228 valence electrons. The zero-order valence-electron chi connectivity index (χ0n) is 24.4. The number of rotatable bonds is 9. The number of aromatic nitrogens is 1. The van der Waals surface area contributed by atoms with Gasteiger partial charge < -0.3 is 14.2 Å². The number of thiazole rings is 1. The highest BCUT2D eigenvalue weighted by Gasteiger charge is 2.35. The van der Waals surface area contributed by atoms with Gasteiger partial charge in [-0.2, -0.15) is 0 Å². The number of halogens is 3. The molecule has 1 atom stereocenters. The van der Waals surface area contributed by atoms with Crippen molar-refractivity contribution < 1.29 is 23.4 Å². The fraction of sp³-hybridized carbons (Fsp3) is 0.242. The van der Waals surface area contributed by atoms with Crippen LogP contribution in [0.5, 0.6) is 11.5 Å². The predicted octanol–water partition coefficient (Wildman–Crippen LogP) is 6.67. The fourth-order valence-electron chi connectivity index (χ4n) is 4.90. The molecule has 1 aliphatic rings. The molecule has 11 heteroatoms. The average molecular weight is 791 g/mol. The van der Waals surface area contributed by atoms with Crippen molar-refractivity contribution >= 4 is 61.9 Å². The molecule has 2 heterocycles. The molecule has 5 rings (SSSR count). The smallest absolute Gasteiger partial charge is 0.338 e. The van der Waals surface area contributed by atoms with Crippen LogP contribution in [0.3, 0.4) is 0 Å². The summed E-state index contributed by atoms with van der Waals surface area (Å²) in [6.45, 7) is 7.50. The summed E-state index contributed by atoms with van der Waals surface area (Å²) in [6, 6.07) is 16.7. The number of para-hydroxylation sites is 1. The Morgan fingerprint density at radius 1 is 1.18 bits per heavy atom. The Balaban J connectivity index is 1.68. The van der Waals surface area contributed by atoms with Gasteiger partial charge in [-0.3, -0.25) is 9.36 Å². The van der Waals surface area contributed by atoms with E-state index in [2.05, 4.69) is 43.5 Å². The molecule has 0 unspecified atom stereocenters. The largest absolute Gasteiger partial charge is 0.491 e. The lowest BCUT2D eigenvalue weighted by Crippen LogP contribution is -2.40. The van der Waals surface area contributed by atoms with Gasteiger partial charge in [0.05, 0.1) is 32.1 Å². The fourth-order valence-corrected chi connectivity index (χ4v) is 7.64. The first-order valence-electron chi connectivity index (χ1n) is 13.9. The van der Waals surface area contributed by atoms with Gasteiger partial charge in [0.15, 0.2) is 4.80 Å². The Hall–Kier alpha value is -3.29. The van der Waals surface area contributed by atoms with Gasteiger partial charge in [0.25, 0.3) is 5.56 Å². The Morgan fingerprint density at radius 2 is 1.91 bits per heavy atom. The lowest BCUT2D eigenvalue weighted by molar-refractivity contribution is -0.139. The van der Waals surface area contributed by atoms with E-state index in [0.717, 1.165) is 8.04 Å². The molecule has 0 amide bonds. The molecule has 1 aromatic heterocycles. The number of hydrogen-bond donors (Lipinski definition) is 0. The van der Waals surface area contributed by atoms with Crippen molar-refractivity contribution in [1.29, 1.82) is 0 Å². The number of benzene rings is 3. The summed E-state index contributed by atoms with van der Waals surface area (Å²) in [5.74, 6) is 0.171. The number of carbonyl (C=O) groups is 1. The molecular weight excluding hydrogens is 762 g/mol. The first-order chi connectivity index (χ1) is 21.1. The molecule has 4 aromatic rings. The first-order valence-corrected chi connectivity index (χ1v) is 16.6. The maximum Gasteiger partial charge on any atom is 0.338 e. The van der Waals surface area contributed by atoms with Crippen molar-refractivity contribution in [1.82, 2.24) is 4.57 Å². The second kappa shape index (κ2) is 13.8. The van der Waals surface area contributed by atoms with Crippen LogP contribution in [-0.4, -0.2) is 23.2 Å². The van der Waals surface area contributed by atoms with Crippen LogP contribution in [0.15, 0.2) is 86.2 Å². The molecule has 0 aliphatic carbocycles. The van der Waals surface area contributed by atoms with Crippen molar-refractivity contribution in [2.45, 2.75) is 46.4 Å². The molecule has 44 heavy (non-hydrogen) atoms. The normalized spacial score (nSPS) is 14.8. The highest BCUT2D eigenvalue weighted by Crippen LogP contribution is 2.36. The van der Waals surface area contributed by atoms with Crippen LogP contribution in [0.2, 0.25) is 0 Å². The summed E-state index contributed by atoms with van der Waals surface area (Å²) in [5, 5.41) is 0. The van der Waals surface area contributed by atoms with Crippen LogP contribution >= 0.6 is 49.9 Å². The van der Waals surface area contributed by atoms with E-state index in [0.29, 0.717) is 43.2 Å². The minimum atomic E-state index is -0.818. The van der Waals surface area contributed by atoms with Gasteiger partial charge in [0, 0.05) is 21.2 Å². The van der Waals surface area contributed by atoms with Gasteiger partial charge >= 0.3 is 5.97 Å². The van der Waals surface area contributed by atoms with E-state index in [1.807, 2.05) is 50.2 Å². The number of allylic oxidation sites excluding steroid dienone is 1. The van der Waals surface area contributed by atoms with Crippen LogP contribution in [-0.2, 0) is 16.1 Å². The van der Waals surface area contributed by atoms with Crippen LogP contribution < -0.4 is 24.4 Å². The third kappa shape index (κ3) is 6.69. The van der Waals surface area contributed by atoms with Crippen molar-refractivity contribution in [3.63, 3.8) is 0 Å². The number of hydrogen-bond acceptors (Lipinski definition) is 7. The third-order valence-electron chi connectivity index (χ3n) is 6.75. The Morgan fingerprint density at radius 3 is 2.64 bits per heavy atom. The number of ether oxygens (including phenoxy) is 3. The molecule has 0 saturated carbocycles. The lowest BCUT2D eigenvalue weighted by Gasteiger charge is -2.26. The molecule has 1 aliphatic heterocycles. The second-order valence-corrected chi connectivity index (χ2v) is 13.3. The second-order valence-electron chi connectivity index (χ2n) is 10.2. The Bertz CT molecular complexity index is 1950. The van der Waals surface area contributed by atoms with Crippen molar-refractivity contribution in [2.75, 3.05) is 6.61 Å². The highest BCUT2D eigenvalue weighted by atomic mass is 127. The van der Waals surface area contributed by atoms with Gasteiger partial charge in [-0.25, -0.2) is 14.2 Å². The molecule has 0 bridgehead atoms. The van der Waals surface area contributed by atoms with Crippen LogP contribution in [0.4, 0.5) is 4.39 Å². The lowest BCUT2D eigenvalue weighted by atomic mass is 9.95. The Labute approximate surface area is 280 Å². The van der Waals surface area contributed by atoms with E-state index in [-0.39, 0.29) is 36.3 Å². The number of fused-ring (bicyclic) bond motifs is 1. The molecule has 3 aromatic carbocycles. The average Bonchev–Trinajstić information content (AvgIpc) is 3.26. The van der Waals surface area contributed by atoms with Gasteiger partial charge in [-0.1, -0.05) is 63.7 Å². The first kappa shape index (κ1) is 32.1. The highest BCUT2D eigenvalue weighted by molar-refractivity contribution is 14.1. The van der Waals surface area contributed by atoms with E-state index in [4.69, 9.17) is 14.2 Å². The topological polar surface area (TPSA) is 79.1 Å². The van der Waals surface area contributed by atoms with E-state index in [9.17, 15) is 14.0 Å². The summed E-state index contributed by atoms with van der Waals surface area (Å²) in [4.78, 5) is 32.7. The molecule has 0 saturated heterocycles. The minimum Gasteiger partial charge on any atom is -0.491 e. The summed E-state index contributed by atoms with van der Waals surface area (Å²) < 4.78 is 35.5. The Kier molecular flexibility index (Phi) is 10.1. The zero-order valence-corrected chi connectivity index (χ0v) is 29.0. The van der Waals surface area contributed by atoms with E-state index >= 15 is 0 Å². The van der Waals surface area contributed by atoms with Gasteiger partial charge in [-0.15, -0.1) is 0 Å². The maximum atomic E-state index is 14.3. The van der Waals surface area contributed by atoms with Crippen molar-refractivity contribution in [2.24, 2.45) is 4.99 Å². The maximum absolute atomic E-state index is 14.3. The number of carbonyl (C=O) groups excluding carboxylic acids is 1. The van der Waals surface area contributed by atoms with Crippen molar-refractivity contribution in [3.8, 4) is 11.5 Å². The van der Waals surface area contributed by atoms with Gasteiger partial charge in [0.2, 0.25) is 0 Å². The van der Waals surface area contributed by atoms with Crippen LogP contribution in [0.25, 0.3) is 6.08 Å². The van der Waals surface area contributed by atoms with E-state index < -0.39 is 12.0 Å². The zero-order chi connectivity index (χ0) is 31.5. The monoisotopic (exact) mass is 790 g/mol. The predicted molar refractivity (Wildman–Crippen MR) is 180 cm³/mol. The summed E-state index contributed by atoms with van der Waals surface area (Å²) >= 11 is 6.91. The molecule has 0 fully saturated rings. The number of esters is 1. The van der Waals surface area contributed by atoms with E-state index in [1.165, 1.54) is 22.0 Å². The van der Waals surface area contributed by atoms with Gasteiger partial charge in [0.1, 0.15) is 30.0 Å². The van der Waals surface area contributed by atoms with Crippen molar-refractivity contribution in [3.05, 3.63) is 122 Å². The molecule has 7 nitrogen and oxygen atoms in total. The number of nitrogens with zero attached hydrogens (tertiary/aromatic N) is 2.